The number of rotatable bonds is 1. The fraction of sp³-hybridized carbons (Fsp3) is 0.857. The van der Waals surface area contributed by atoms with Crippen molar-refractivity contribution in [2.45, 2.75) is 33.8 Å². The summed E-state index contributed by atoms with van der Waals surface area (Å²) in [5.74, 6) is -0.164. The maximum absolute atomic E-state index is 10.5. The summed E-state index contributed by atoms with van der Waals surface area (Å²) < 4.78 is 0. The van der Waals surface area contributed by atoms with Crippen molar-refractivity contribution in [3.63, 3.8) is 0 Å². The van der Waals surface area contributed by atoms with Gasteiger partial charge in [0.1, 0.15) is 6.10 Å². The van der Waals surface area contributed by atoms with Crippen molar-refractivity contribution in [2.75, 3.05) is 0 Å². The monoisotopic (exact) mass is 138 g/mol. The molecule has 0 aromatic carbocycles. The van der Waals surface area contributed by atoms with E-state index in [0.29, 0.717) is 0 Å². The van der Waals surface area contributed by atoms with Crippen LogP contribution in [0.15, 0.2) is 0 Å². The molecule has 3 heteroatoms. The Morgan fingerprint density at radius 3 is 1.80 bits per heavy atom. The van der Waals surface area contributed by atoms with Gasteiger partial charge in [0.15, 0.2) is 5.78 Å². The Balaban J connectivity index is -0.000000320. The Kier molecular flexibility index (Phi) is 5.37. The minimum atomic E-state index is -0.822. The summed E-state index contributed by atoms with van der Waals surface area (Å²) in [5.41, 5.74) is -0.314. The van der Waals surface area contributed by atoms with Crippen molar-refractivity contribution in [2.24, 2.45) is 5.41 Å². The smallest absolute Gasteiger partial charge is 1.00 e. The van der Waals surface area contributed by atoms with Crippen LogP contribution in [0.4, 0.5) is 0 Å². The van der Waals surface area contributed by atoms with Gasteiger partial charge in [0.05, 0.1) is 0 Å². The molecule has 1 N–H and O–H groups in total. The van der Waals surface area contributed by atoms with E-state index in [-0.39, 0.29) is 31.5 Å². The van der Waals surface area contributed by atoms with E-state index in [9.17, 15) is 4.79 Å². The molecule has 0 radical (unpaired) electrons. The van der Waals surface area contributed by atoms with Crippen LogP contribution in [0.1, 0.15) is 29.1 Å². The summed E-state index contributed by atoms with van der Waals surface area (Å²) in [6.07, 6.45) is -0.822. The Bertz CT molecular complexity index is 120. The van der Waals surface area contributed by atoms with Crippen molar-refractivity contribution in [3.05, 3.63) is 0 Å². The molecule has 1 unspecified atom stereocenters. The van der Waals surface area contributed by atoms with Gasteiger partial charge in [-0.25, -0.2) is 0 Å². The fourth-order valence-electron chi connectivity index (χ4n) is 0.610. The molecule has 0 heterocycles. The molecular formula is C7H15LiO2. The van der Waals surface area contributed by atoms with Gasteiger partial charge in [-0.1, -0.05) is 20.8 Å². The van der Waals surface area contributed by atoms with E-state index in [2.05, 4.69) is 0 Å². The molecule has 10 heavy (non-hydrogen) atoms. The minimum Gasteiger partial charge on any atom is -1.00 e. The molecule has 1 atom stereocenters. The van der Waals surface area contributed by atoms with E-state index >= 15 is 0 Å². The Labute approximate surface area is 75.7 Å². The number of carbonyl (C=O) groups excluding carboxylic acids is 1. The molecule has 0 fully saturated rings. The van der Waals surface area contributed by atoms with Gasteiger partial charge in [0, 0.05) is 0 Å². The maximum atomic E-state index is 10.5. The molecule has 2 nitrogen and oxygen atoms in total. The van der Waals surface area contributed by atoms with Gasteiger partial charge in [-0.3, -0.25) is 4.79 Å². The van der Waals surface area contributed by atoms with Crippen molar-refractivity contribution < 1.29 is 30.2 Å². The topological polar surface area (TPSA) is 37.3 Å². The molecule has 0 amide bonds. The molecule has 0 aromatic heterocycles. The van der Waals surface area contributed by atoms with Gasteiger partial charge in [-0.05, 0) is 12.3 Å². The van der Waals surface area contributed by atoms with E-state index in [1.54, 1.807) is 0 Å². The van der Waals surface area contributed by atoms with Crippen LogP contribution in [0.2, 0.25) is 0 Å². The first kappa shape index (κ1) is 12.9. The molecule has 0 saturated carbocycles. The Hall–Kier alpha value is 0.227. The summed E-state index contributed by atoms with van der Waals surface area (Å²) in [4.78, 5) is 10.5. The van der Waals surface area contributed by atoms with Crippen molar-refractivity contribution in [3.8, 4) is 0 Å². The van der Waals surface area contributed by atoms with Gasteiger partial charge in [0.25, 0.3) is 0 Å². The van der Waals surface area contributed by atoms with E-state index in [4.69, 9.17) is 5.11 Å². The zero-order valence-electron chi connectivity index (χ0n) is 8.43. The second-order valence-electron chi connectivity index (χ2n) is 3.38. The summed E-state index contributed by atoms with van der Waals surface area (Å²) in [5, 5.41) is 9.11. The second kappa shape index (κ2) is 4.18. The third-order valence-corrected chi connectivity index (χ3v) is 1.21. The van der Waals surface area contributed by atoms with Crippen LogP contribution in [0, 0.1) is 5.41 Å². The van der Waals surface area contributed by atoms with Gasteiger partial charge in [-0.2, -0.15) is 0 Å². The van der Waals surface area contributed by atoms with Gasteiger partial charge >= 0.3 is 18.9 Å². The van der Waals surface area contributed by atoms with Crippen molar-refractivity contribution >= 4 is 5.78 Å². The molecule has 0 saturated heterocycles. The van der Waals surface area contributed by atoms with Gasteiger partial charge < -0.3 is 6.53 Å². The SMILES string of the molecule is CC(=O)C(O)C(C)(C)C.[H-].[Li+]. The third kappa shape index (κ3) is 4.11. The summed E-state index contributed by atoms with van der Waals surface area (Å²) in [6, 6.07) is 0. The first-order chi connectivity index (χ1) is 3.85. The molecule has 0 rings (SSSR count). The molecular weight excluding hydrogens is 123 g/mol. The van der Waals surface area contributed by atoms with Crippen LogP contribution in [-0.2, 0) is 4.79 Å². The summed E-state index contributed by atoms with van der Waals surface area (Å²) in [7, 11) is 0. The average Bonchev–Trinajstić information content (AvgIpc) is 1.62. The number of hydrogen-bond acceptors (Lipinski definition) is 2. The number of aliphatic hydroxyl groups excluding tert-OH is 1. The van der Waals surface area contributed by atoms with Crippen LogP contribution >= 0.6 is 0 Å². The summed E-state index contributed by atoms with van der Waals surface area (Å²) >= 11 is 0. The van der Waals surface area contributed by atoms with Crippen LogP contribution in [0.3, 0.4) is 0 Å². The molecule has 0 bridgehead atoms. The quantitative estimate of drug-likeness (QED) is 0.430. The predicted octanol–water partition coefficient (Wildman–Crippen LogP) is -1.90. The molecule has 0 aliphatic rings. The third-order valence-electron chi connectivity index (χ3n) is 1.21. The summed E-state index contributed by atoms with van der Waals surface area (Å²) in [6.45, 7) is 6.90. The molecule has 0 aromatic rings. The molecule has 0 aliphatic heterocycles. The molecule has 0 spiro atoms. The maximum Gasteiger partial charge on any atom is 1.00 e. The van der Waals surface area contributed by atoms with Crippen LogP contribution in [0.25, 0.3) is 0 Å². The second-order valence-corrected chi connectivity index (χ2v) is 3.38. The Morgan fingerprint density at radius 1 is 1.50 bits per heavy atom. The number of aliphatic hydroxyl groups is 1. The average molecular weight is 138 g/mol. The first-order valence-corrected chi connectivity index (χ1v) is 3.04. The first-order valence-electron chi connectivity index (χ1n) is 3.04. The predicted molar refractivity (Wildman–Crippen MR) is 37.3 cm³/mol. The van der Waals surface area contributed by atoms with Crippen molar-refractivity contribution in [1.29, 1.82) is 0 Å². The zero-order chi connectivity index (χ0) is 7.65. The molecule has 0 aliphatic carbocycles. The van der Waals surface area contributed by atoms with Crippen LogP contribution in [0.5, 0.6) is 0 Å². The van der Waals surface area contributed by atoms with Gasteiger partial charge in [-0.15, -0.1) is 0 Å². The van der Waals surface area contributed by atoms with Crippen LogP contribution in [-0.4, -0.2) is 17.0 Å². The largest absolute Gasteiger partial charge is 1.00 e. The molecule has 56 valence electrons. The number of hydrogen-bond donors (Lipinski definition) is 1. The van der Waals surface area contributed by atoms with E-state index in [1.165, 1.54) is 6.92 Å². The van der Waals surface area contributed by atoms with Crippen LogP contribution < -0.4 is 18.9 Å². The number of ketones is 1. The fourth-order valence-corrected chi connectivity index (χ4v) is 0.610. The van der Waals surface area contributed by atoms with E-state index < -0.39 is 6.10 Å². The Morgan fingerprint density at radius 2 is 1.80 bits per heavy atom. The zero-order valence-corrected chi connectivity index (χ0v) is 7.43. The van der Waals surface area contributed by atoms with Gasteiger partial charge in [0.2, 0.25) is 0 Å². The standard InChI is InChI=1S/C7H14O2.Li.H/c1-5(8)6(9)7(2,3)4;;/h6,9H,1-4H3;;/q;+1;-1. The van der Waals surface area contributed by atoms with E-state index in [1.807, 2.05) is 20.8 Å². The minimum absolute atomic E-state index is 0. The number of carbonyl (C=O) groups is 1. The van der Waals surface area contributed by atoms with E-state index in [0.717, 1.165) is 0 Å². The van der Waals surface area contributed by atoms with Crippen molar-refractivity contribution in [1.82, 2.24) is 0 Å². The number of Topliss-reactive ketones (excluding diaryl/α,β-unsaturated/α-hetero) is 1. The normalized spacial score (nSPS) is 13.7.